The summed E-state index contributed by atoms with van der Waals surface area (Å²) in [4.78, 5) is 34.5. The molecule has 350 valence electrons. The van der Waals surface area contributed by atoms with E-state index in [1.54, 1.807) is 29.2 Å². The van der Waals surface area contributed by atoms with E-state index in [4.69, 9.17) is 54.8 Å². The molecule has 14 nitrogen and oxygen atoms in total. The van der Waals surface area contributed by atoms with Gasteiger partial charge in [-0.3, -0.25) is 9.69 Å². The molecule has 2 N–H and O–H groups in total. The number of carbonyl (C=O) groups excluding carboxylic acids is 2. The maximum Gasteiger partial charge on any atom is 0.410 e. The molecule has 2 heterocycles. The van der Waals surface area contributed by atoms with Crippen molar-refractivity contribution in [2.75, 3.05) is 46.2 Å². The maximum absolute atomic E-state index is 14.7. The first-order valence-corrected chi connectivity index (χ1v) is 23.0. The van der Waals surface area contributed by atoms with Crippen LogP contribution in [-0.2, 0) is 20.9 Å². The topological polar surface area (TPSA) is 164 Å². The van der Waals surface area contributed by atoms with Crippen LogP contribution in [0.2, 0.25) is 0 Å². The Labute approximate surface area is 386 Å². The number of halogens is 1. The normalized spacial score (nSPS) is 23.3. The first-order valence-electron chi connectivity index (χ1n) is 22.4. The number of amides is 1. The molecule has 2 aliphatic carbocycles. The molecule has 4 aliphatic rings. The van der Waals surface area contributed by atoms with Crippen LogP contribution in [0.4, 0.5) is 4.79 Å². The zero-order chi connectivity index (χ0) is 46.1. The summed E-state index contributed by atoms with van der Waals surface area (Å²) in [6, 6.07) is 15.4. The van der Waals surface area contributed by atoms with E-state index in [0.29, 0.717) is 58.6 Å². The second kappa shape index (κ2) is 21.4. The minimum absolute atomic E-state index is 0.00988. The van der Waals surface area contributed by atoms with E-state index < -0.39 is 29.4 Å². The molecular weight excluding hydrogens is 856 g/mol. The fourth-order valence-electron chi connectivity index (χ4n) is 9.65. The highest BCUT2D eigenvalue weighted by Gasteiger charge is 2.66. The van der Waals surface area contributed by atoms with Crippen molar-refractivity contribution in [1.82, 2.24) is 4.90 Å². The Morgan fingerprint density at radius 3 is 2.45 bits per heavy atom. The highest BCUT2D eigenvalue weighted by Crippen LogP contribution is 2.62. The van der Waals surface area contributed by atoms with E-state index in [-0.39, 0.29) is 69.8 Å². The van der Waals surface area contributed by atoms with E-state index in [0.717, 1.165) is 48.7 Å². The molecule has 0 unspecified atom stereocenters. The Kier molecular flexibility index (Phi) is 15.7. The third kappa shape index (κ3) is 10.6. The Balaban J connectivity index is 1.46. The van der Waals surface area contributed by atoms with E-state index in [1.807, 2.05) is 57.2 Å². The number of nitrogens with zero attached hydrogens (tertiary/aromatic N) is 2. The number of unbranched alkanes of at least 4 members (excludes halogenated alkanes) is 2. The lowest BCUT2D eigenvalue weighted by Gasteiger charge is -2.60. The zero-order valence-electron chi connectivity index (χ0n) is 37.7. The van der Waals surface area contributed by atoms with Crippen molar-refractivity contribution in [3.63, 3.8) is 0 Å². The smallest absolute Gasteiger partial charge is 0.410 e. The van der Waals surface area contributed by atoms with Gasteiger partial charge in [0.15, 0.2) is 17.8 Å². The van der Waals surface area contributed by atoms with Gasteiger partial charge in [0.1, 0.15) is 41.2 Å². The highest BCUT2D eigenvalue weighted by molar-refractivity contribution is 6.18. The number of methoxy groups -OCH3 is 1. The molecule has 6 atom stereocenters. The van der Waals surface area contributed by atoms with Gasteiger partial charge in [-0.1, -0.05) is 36.2 Å². The summed E-state index contributed by atoms with van der Waals surface area (Å²) in [5.41, 5.74) is 2.83. The predicted molar refractivity (Wildman–Crippen MR) is 244 cm³/mol. The third-order valence-electron chi connectivity index (χ3n) is 12.3. The number of benzene rings is 3. The maximum atomic E-state index is 14.7. The largest absolute Gasteiger partial charge is 0.496 e. The summed E-state index contributed by atoms with van der Waals surface area (Å²) in [5, 5.41) is 24.9. The van der Waals surface area contributed by atoms with Gasteiger partial charge in [0, 0.05) is 37.7 Å². The van der Waals surface area contributed by atoms with Crippen LogP contribution in [0.1, 0.15) is 93.1 Å². The van der Waals surface area contributed by atoms with E-state index >= 15 is 0 Å². The summed E-state index contributed by atoms with van der Waals surface area (Å²) in [7, 11) is 1.51. The number of hydrogen-bond acceptors (Lipinski definition) is 13. The van der Waals surface area contributed by atoms with Gasteiger partial charge in [0.2, 0.25) is 12.6 Å². The number of aliphatic hydroxyl groups is 2. The molecular formula is C50H61ClN2O12. The molecule has 3 aromatic carbocycles. The first kappa shape index (κ1) is 47.7. The molecule has 3 aromatic rings. The van der Waals surface area contributed by atoms with Crippen LogP contribution in [-0.4, -0.2) is 96.8 Å². The molecule has 0 radical (unpaired) electrons. The van der Waals surface area contributed by atoms with Crippen LogP contribution in [0.15, 0.2) is 84.1 Å². The standard InChI is InChI=1S/C50H61ClN2O12/c1-6-22-62-50-45(53(48(57)59-23-19-51)29-32-13-16-43-44(24-32)61-31-60-43)28-40(52-65-49(2,3)4)38-26-33(11-7-9-20-54)37(12-8-10-21-55)46(47(38)50)39-27-36(15-18-42(39)64-50)63-35-14-17-41(58-5)34(25-35)30-56/h6,13-18,24-27,30,33,37,45-47,54-55H,1,7-12,19-23,28-29,31H2,2-5H3/t33-,37+,45-,46+,47+,50+/m0/s1. The average molecular weight is 917 g/mol. The fraction of sp³-hybridized carbons (Fsp3) is 0.500. The number of rotatable bonds is 21. The van der Waals surface area contributed by atoms with Crippen molar-refractivity contribution in [1.29, 1.82) is 0 Å². The summed E-state index contributed by atoms with van der Waals surface area (Å²) in [5.74, 6) is 0.724. The lowest BCUT2D eigenvalue weighted by atomic mass is 9.55. The molecule has 7 rings (SSSR count). The molecule has 0 aromatic heterocycles. The Morgan fingerprint density at radius 1 is 0.985 bits per heavy atom. The van der Waals surface area contributed by atoms with Crippen molar-refractivity contribution < 1.29 is 57.8 Å². The molecule has 1 saturated carbocycles. The van der Waals surface area contributed by atoms with Gasteiger partial charge >= 0.3 is 6.09 Å². The van der Waals surface area contributed by atoms with E-state index in [9.17, 15) is 19.8 Å². The summed E-state index contributed by atoms with van der Waals surface area (Å²) in [6.07, 6.45) is 8.52. The van der Waals surface area contributed by atoms with Gasteiger partial charge in [-0.2, -0.15) is 0 Å². The Bertz CT molecular complexity index is 2220. The zero-order valence-corrected chi connectivity index (χ0v) is 38.4. The monoisotopic (exact) mass is 916 g/mol. The number of ether oxygens (including phenoxy) is 7. The van der Waals surface area contributed by atoms with Crippen LogP contribution in [0.25, 0.3) is 0 Å². The molecule has 65 heavy (non-hydrogen) atoms. The lowest BCUT2D eigenvalue weighted by Crippen LogP contribution is -2.70. The van der Waals surface area contributed by atoms with Gasteiger partial charge in [0.05, 0.1) is 36.8 Å². The number of alkyl halides is 1. The first-order chi connectivity index (χ1) is 31.5. The number of carbonyl (C=O) groups is 2. The van der Waals surface area contributed by atoms with E-state index in [1.165, 1.54) is 7.11 Å². The van der Waals surface area contributed by atoms with Crippen LogP contribution < -0.4 is 23.7 Å². The van der Waals surface area contributed by atoms with Crippen LogP contribution in [0.3, 0.4) is 0 Å². The molecule has 1 fully saturated rings. The van der Waals surface area contributed by atoms with Crippen molar-refractivity contribution in [2.45, 2.75) is 95.6 Å². The number of hydrogen-bond donors (Lipinski definition) is 2. The van der Waals surface area contributed by atoms with Gasteiger partial charge in [-0.15, -0.1) is 18.2 Å². The van der Waals surface area contributed by atoms with Crippen molar-refractivity contribution in [3.05, 3.63) is 95.6 Å². The van der Waals surface area contributed by atoms with Crippen LogP contribution in [0, 0.1) is 17.8 Å². The van der Waals surface area contributed by atoms with Crippen molar-refractivity contribution >= 4 is 29.7 Å². The SMILES string of the molecule is C=CCO[C@@]12Oc3ccc(Oc4ccc(OC)c(C=O)c4)cc3[C@H]3[C@H](CCCCO)[C@@H](CCCCO)C=C(C(=NOC(C)(C)C)C[C@@H]1N(Cc1ccc4c(c1)OCO4)C(=O)OCCCl)[C@H]32. The molecule has 1 amide bonds. The lowest BCUT2D eigenvalue weighted by molar-refractivity contribution is -0.256. The minimum Gasteiger partial charge on any atom is -0.496 e. The summed E-state index contributed by atoms with van der Waals surface area (Å²) < 4.78 is 43.6. The highest BCUT2D eigenvalue weighted by atomic mass is 35.5. The molecule has 0 bridgehead atoms. The number of oxime groups is 1. The number of allylic oxidation sites excluding steroid dienone is 1. The second-order valence-electron chi connectivity index (χ2n) is 17.7. The third-order valence-corrected chi connectivity index (χ3v) is 12.5. The number of aliphatic hydroxyl groups excluding tert-OH is 2. The fourth-order valence-corrected chi connectivity index (χ4v) is 9.73. The number of fused-ring (bicyclic) bond motifs is 3. The van der Waals surface area contributed by atoms with Gasteiger partial charge in [-0.05, 0) is 118 Å². The van der Waals surface area contributed by atoms with Gasteiger partial charge < -0.3 is 48.2 Å². The Hall–Kier alpha value is -5.28. The van der Waals surface area contributed by atoms with Gasteiger partial charge in [-0.25, -0.2) is 4.79 Å². The number of aldehydes is 1. The summed E-state index contributed by atoms with van der Waals surface area (Å²) in [6.45, 7) is 10.2. The van der Waals surface area contributed by atoms with Gasteiger partial charge in [0.25, 0.3) is 0 Å². The summed E-state index contributed by atoms with van der Waals surface area (Å²) >= 11 is 6.12. The molecule has 15 heteroatoms. The average Bonchev–Trinajstić information content (AvgIpc) is 3.78. The molecule has 0 saturated heterocycles. The molecule has 0 spiro atoms. The Morgan fingerprint density at radius 2 is 1.72 bits per heavy atom. The van der Waals surface area contributed by atoms with Crippen LogP contribution in [0.5, 0.6) is 34.5 Å². The van der Waals surface area contributed by atoms with Crippen molar-refractivity contribution in [2.24, 2.45) is 22.9 Å². The van der Waals surface area contributed by atoms with Crippen molar-refractivity contribution in [3.8, 4) is 34.5 Å². The predicted octanol–water partition coefficient (Wildman–Crippen LogP) is 9.34. The van der Waals surface area contributed by atoms with E-state index in [2.05, 4.69) is 12.7 Å². The minimum atomic E-state index is -1.54. The second-order valence-corrected chi connectivity index (χ2v) is 18.1. The van der Waals surface area contributed by atoms with Crippen LogP contribution >= 0.6 is 11.6 Å². The molecule has 2 aliphatic heterocycles. The quantitative estimate of drug-likeness (QED) is 0.0343.